The molecule has 0 aliphatic heterocycles. The number of aliphatic hydroxyl groups is 1. The summed E-state index contributed by atoms with van der Waals surface area (Å²) in [6.45, 7) is 7.63. The number of benzene rings is 1. The van der Waals surface area contributed by atoms with Crippen molar-refractivity contribution in [1.82, 2.24) is 0 Å². The molecule has 28 heavy (non-hydrogen) atoms. The van der Waals surface area contributed by atoms with Crippen LogP contribution in [0.3, 0.4) is 0 Å². The summed E-state index contributed by atoms with van der Waals surface area (Å²) in [6, 6.07) is 10.2. The molecule has 1 N–H and O–H groups in total. The summed E-state index contributed by atoms with van der Waals surface area (Å²) < 4.78 is 11.8. The minimum absolute atomic E-state index is 0.0442. The highest BCUT2D eigenvalue weighted by atomic mass is 16.7. The molecule has 1 aromatic rings. The van der Waals surface area contributed by atoms with E-state index in [-0.39, 0.29) is 17.6 Å². The van der Waals surface area contributed by atoms with Crippen molar-refractivity contribution in [2.24, 2.45) is 11.3 Å². The maximum Gasteiger partial charge on any atom is 0.147 e. The lowest BCUT2D eigenvalue weighted by molar-refractivity contribution is -0.0820. The number of hydrogen-bond acceptors (Lipinski definition) is 3. The summed E-state index contributed by atoms with van der Waals surface area (Å²) >= 11 is 0. The first-order chi connectivity index (χ1) is 13.5. The first-order valence-electron chi connectivity index (χ1n) is 10.7. The Morgan fingerprint density at radius 2 is 1.89 bits per heavy atom. The zero-order valence-corrected chi connectivity index (χ0v) is 17.7. The van der Waals surface area contributed by atoms with Crippen molar-refractivity contribution in [2.75, 3.05) is 6.79 Å². The van der Waals surface area contributed by atoms with Crippen LogP contribution >= 0.6 is 0 Å². The van der Waals surface area contributed by atoms with Crippen LogP contribution in [0.5, 0.6) is 0 Å². The summed E-state index contributed by atoms with van der Waals surface area (Å²) in [4.78, 5) is 0. The van der Waals surface area contributed by atoms with Gasteiger partial charge in [0.1, 0.15) is 6.79 Å². The molecular weight excluding hydrogens is 348 g/mol. The summed E-state index contributed by atoms with van der Waals surface area (Å²) in [5, 5.41) is 10.5. The van der Waals surface area contributed by atoms with E-state index in [1.807, 2.05) is 18.2 Å². The second-order valence-corrected chi connectivity index (χ2v) is 9.03. The van der Waals surface area contributed by atoms with Gasteiger partial charge in [-0.2, -0.15) is 0 Å². The van der Waals surface area contributed by atoms with E-state index in [9.17, 15) is 5.11 Å². The van der Waals surface area contributed by atoms with Crippen molar-refractivity contribution in [3.8, 4) is 0 Å². The molecule has 0 aromatic heterocycles. The summed E-state index contributed by atoms with van der Waals surface area (Å²) in [5.41, 5.74) is 4.10. The Morgan fingerprint density at radius 3 is 2.68 bits per heavy atom. The van der Waals surface area contributed by atoms with E-state index in [1.165, 1.54) is 11.1 Å². The van der Waals surface area contributed by atoms with Crippen molar-refractivity contribution in [2.45, 2.75) is 78.1 Å². The normalized spacial score (nSPS) is 35.2. The van der Waals surface area contributed by atoms with Crippen molar-refractivity contribution in [3.63, 3.8) is 0 Å². The maximum absolute atomic E-state index is 10.5. The van der Waals surface area contributed by atoms with E-state index in [1.54, 1.807) is 0 Å². The molecule has 4 atom stereocenters. The lowest BCUT2D eigenvalue weighted by Crippen LogP contribution is -2.27. The topological polar surface area (TPSA) is 38.7 Å². The van der Waals surface area contributed by atoms with Gasteiger partial charge in [0.2, 0.25) is 0 Å². The van der Waals surface area contributed by atoms with Crippen LogP contribution in [0.15, 0.2) is 53.6 Å². The minimum Gasteiger partial charge on any atom is -0.393 e. The fraction of sp³-hybridized carbons (Fsp3) is 0.600. The molecule has 1 fully saturated rings. The van der Waals surface area contributed by atoms with Crippen LogP contribution in [-0.2, 0) is 16.1 Å². The van der Waals surface area contributed by atoms with Crippen LogP contribution in [0.2, 0.25) is 0 Å². The quantitative estimate of drug-likeness (QED) is 0.397. The van der Waals surface area contributed by atoms with Gasteiger partial charge in [0, 0.05) is 0 Å². The lowest BCUT2D eigenvalue weighted by Gasteiger charge is -2.32. The molecular formula is C25H36O3. The van der Waals surface area contributed by atoms with Crippen LogP contribution in [0.25, 0.3) is 0 Å². The molecule has 0 saturated heterocycles. The Balaban J connectivity index is 1.60. The smallest absolute Gasteiger partial charge is 0.147 e. The van der Waals surface area contributed by atoms with Crippen molar-refractivity contribution >= 4 is 0 Å². The van der Waals surface area contributed by atoms with Crippen LogP contribution in [0.1, 0.15) is 64.9 Å². The van der Waals surface area contributed by atoms with E-state index in [2.05, 4.69) is 45.1 Å². The molecule has 3 nitrogen and oxygen atoms in total. The summed E-state index contributed by atoms with van der Waals surface area (Å²) in [7, 11) is 0. The van der Waals surface area contributed by atoms with E-state index in [0.717, 1.165) is 44.1 Å². The minimum atomic E-state index is -0.148. The van der Waals surface area contributed by atoms with Crippen LogP contribution < -0.4 is 0 Å². The SMILES string of the molecule is C/C1=C\[C@H](OCOCc2ccccc2)C/C(C)=C/C[C@@]2(C)CC[C@@H](O)[C@@H]2CC1. The fourth-order valence-corrected chi connectivity index (χ4v) is 4.75. The molecule has 1 aromatic carbocycles. The predicted molar refractivity (Wildman–Crippen MR) is 114 cm³/mol. The first kappa shape index (κ1) is 21.3. The van der Waals surface area contributed by atoms with E-state index < -0.39 is 0 Å². The highest BCUT2D eigenvalue weighted by Gasteiger charge is 2.43. The monoisotopic (exact) mass is 384 g/mol. The third kappa shape index (κ3) is 5.79. The second kappa shape index (κ2) is 9.87. The van der Waals surface area contributed by atoms with Gasteiger partial charge in [0.25, 0.3) is 0 Å². The first-order valence-corrected chi connectivity index (χ1v) is 10.7. The Labute approximate surface area is 170 Å². The molecule has 0 heterocycles. The standard InChI is InChI=1S/C25H36O3/c1-19-9-10-23-24(26)12-14-25(23,3)13-11-20(2)16-22(15-19)28-18-27-17-21-7-5-4-6-8-21/h4-8,11,15,22-24,26H,9-10,12-14,16-18H2,1-3H3/b19-15+,20-11+/t22-,23-,24+,25-/m0/s1. The molecule has 0 bridgehead atoms. The van der Waals surface area contributed by atoms with Gasteiger partial charge in [0.05, 0.1) is 18.8 Å². The van der Waals surface area contributed by atoms with Crippen LogP contribution in [-0.4, -0.2) is 24.1 Å². The molecule has 2 aliphatic carbocycles. The van der Waals surface area contributed by atoms with Gasteiger partial charge in [-0.1, -0.05) is 60.6 Å². The Kier molecular flexibility index (Phi) is 7.50. The molecule has 1 saturated carbocycles. The molecule has 0 amide bonds. The number of aliphatic hydroxyl groups excluding tert-OH is 1. The molecule has 2 aliphatic rings. The van der Waals surface area contributed by atoms with E-state index >= 15 is 0 Å². The van der Waals surface area contributed by atoms with Gasteiger partial charge in [0.15, 0.2) is 0 Å². The number of fused-ring (bicyclic) bond motifs is 1. The van der Waals surface area contributed by atoms with E-state index in [0.29, 0.717) is 19.3 Å². The molecule has 0 unspecified atom stereocenters. The van der Waals surface area contributed by atoms with Crippen molar-refractivity contribution < 1.29 is 14.6 Å². The third-order valence-corrected chi connectivity index (χ3v) is 6.61. The highest BCUT2D eigenvalue weighted by Crippen LogP contribution is 2.49. The Morgan fingerprint density at radius 1 is 1.11 bits per heavy atom. The van der Waals surface area contributed by atoms with Gasteiger partial charge >= 0.3 is 0 Å². The van der Waals surface area contributed by atoms with E-state index in [4.69, 9.17) is 9.47 Å². The molecule has 154 valence electrons. The Hall–Kier alpha value is -1.42. The highest BCUT2D eigenvalue weighted by molar-refractivity contribution is 5.14. The zero-order valence-electron chi connectivity index (χ0n) is 17.7. The summed E-state index contributed by atoms with van der Waals surface area (Å²) in [6.07, 6.45) is 10.6. The average Bonchev–Trinajstić information content (AvgIpc) is 2.96. The third-order valence-electron chi connectivity index (χ3n) is 6.61. The zero-order chi connectivity index (χ0) is 20.0. The fourth-order valence-electron chi connectivity index (χ4n) is 4.75. The largest absolute Gasteiger partial charge is 0.393 e. The molecule has 0 spiro atoms. The second-order valence-electron chi connectivity index (χ2n) is 9.03. The van der Waals surface area contributed by atoms with Crippen LogP contribution in [0, 0.1) is 11.3 Å². The number of allylic oxidation sites excluding steroid dienone is 2. The summed E-state index contributed by atoms with van der Waals surface area (Å²) in [5.74, 6) is 0.395. The molecule has 3 rings (SSSR count). The predicted octanol–water partition coefficient (Wildman–Crippen LogP) is 5.79. The van der Waals surface area contributed by atoms with Crippen molar-refractivity contribution in [3.05, 3.63) is 59.2 Å². The van der Waals surface area contributed by atoms with Crippen molar-refractivity contribution in [1.29, 1.82) is 0 Å². The number of rotatable bonds is 5. The average molecular weight is 385 g/mol. The Bertz CT molecular complexity index is 678. The molecule has 3 heteroatoms. The lowest BCUT2D eigenvalue weighted by atomic mass is 9.73. The van der Waals surface area contributed by atoms with Gasteiger partial charge in [-0.15, -0.1) is 0 Å². The number of hydrogen-bond donors (Lipinski definition) is 1. The molecule has 0 radical (unpaired) electrons. The maximum atomic E-state index is 10.5. The number of ether oxygens (including phenoxy) is 2. The van der Waals surface area contributed by atoms with Gasteiger partial charge in [-0.25, -0.2) is 0 Å². The van der Waals surface area contributed by atoms with Gasteiger partial charge < -0.3 is 14.6 Å². The van der Waals surface area contributed by atoms with Gasteiger partial charge in [-0.05, 0) is 69.3 Å². The van der Waals surface area contributed by atoms with Crippen LogP contribution in [0.4, 0.5) is 0 Å². The van der Waals surface area contributed by atoms with Gasteiger partial charge in [-0.3, -0.25) is 0 Å².